The molecule has 1 aliphatic rings. The van der Waals surface area contributed by atoms with Gasteiger partial charge < -0.3 is 14.6 Å². The SMILES string of the molecule is CCOc1ccc(CNC(=O)[C@H](C)C2CCN(S(=O)(=O)c3c(C)noc3C)CC2)cc1. The van der Waals surface area contributed by atoms with Gasteiger partial charge in [-0.15, -0.1) is 0 Å². The first-order valence-electron chi connectivity index (χ1n) is 10.7. The lowest BCUT2D eigenvalue weighted by Crippen LogP contribution is -2.42. The average molecular weight is 450 g/mol. The molecule has 170 valence electrons. The third-order valence-corrected chi connectivity index (χ3v) is 8.03. The Morgan fingerprint density at radius 1 is 1.26 bits per heavy atom. The zero-order valence-corrected chi connectivity index (χ0v) is 19.4. The van der Waals surface area contributed by atoms with Gasteiger partial charge in [-0.2, -0.15) is 4.31 Å². The number of nitrogens with one attached hydrogen (secondary N) is 1. The second-order valence-corrected chi connectivity index (χ2v) is 9.85. The highest BCUT2D eigenvalue weighted by atomic mass is 32.2. The number of nitrogens with zero attached hydrogens (tertiary/aromatic N) is 2. The van der Waals surface area contributed by atoms with Crippen LogP contribution in [0.5, 0.6) is 5.75 Å². The number of aryl methyl sites for hydroxylation is 2. The van der Waals surface area contributed by atoms with Crippen molar-refractivity contribution in [2.45, 2.75) is 52.0 Å². The zero-order chi connectivity index (χ0) is 22.6. The smallest absolute Gasteiger partial charge is 0.248 e. The van der Waals surface area contributed by atoms with E-state index in [9.17, 15) is 13.2 Å². The van der Waals surface area contributed by atoms with Gasteiger partial charge in [-0.3, -0.25) is 4.79 Å². The second kappa shape index (κ2) is 9.82. The standard InChI is InChI=1S/C22H31N3O5S/c1-5-29-20-8-6-18(7-9-20)14-23-22(26)15(2)19-10-12-25(13-11-19)31(27,28)21-16(3)24-30-17(21)4/h6-9,15,19H,5,10-14H2,1-4H3,(H,23,26)/t15-/m1/s1. The summed E-state index contributed by atoms with van der Waals surface area (Å²) in [6, 6.07) is 7.66. The van der Waals surface area contributed by atoms with E-state index in [2.05, 4.69) is 10.5 Å². The molecule has 0 bridgehead atoms. The van der Waals surface area contributed by atoms with E-state index in [0.29, 0.717) is 50.5 Å². The number of carbonyl (C=O) groups is 1. The van der Waals surface area contributed by atoms with Crippen molar-refractivity contribution in [1.29, 1.82) is 0 Å². The van der Waals surface area contributed by atoms with Gasteiger partial charge >= 0.3 is 0 Å². The molecule has 1 aromatic carbocycles. The van der Waals surface area contributed by atoms with Gasteiger partial charge in [0.05, 0.1) is 6.61 Å². The van der Waals surface area contributed by atoms with E-state index in [0.717, 1.165) is 11.3 Å². The average Bonchev–Trinajstić information content (AvgIpc) is 3.11. The Morgan fingerprint density at radius 3 is 2.45 bits per heavy atom. The molecule has 0 radical (unpaired) electrons. The van der Waals surface area contributed by atoms with Crippen molar-refractivity contribution in [3.05, 3.63) is 41.3 Å². The van der Waals surface area contributed by atoms with Crippen molar-refractivity contribution < 1.29 is 22.5 Å². The van der Waals surface area contributed by atoms with E-state index in [1.165, 1.54) is 4.31 Å². The Bertz CT molecular complexity index is 973. The maximum atomic E-state index is 13.0. The minimum atomic E-state index is -3.64. The summed E-state index contributed by atoms with van der Waals surface area (Å²) >= 11 is 0. The summed E-state index contributed by atoms with van der Waals surface area (Å²) in [5.74, 6) is 1.05. The molecule has 31 heavy (non-hydrogen) atoms. The molecule has 0 spiro atoms. The summed E-state index contributed by atoms with van der Waals surface area (Å²) in [6.45, 7) is 8.92. The Balaban J connectivity index is 1.52. The second-order valence-electron chi connectivity index (χ2n) is 7.98. The molecule has 1 aliphatic heterocycles. The molecule has 1 saturated heterocycles. The van der Waals surface area contributed by atoms with Crippen LogP contribution in [0, 0.1) is 25.7 Å². The fourth-order valence-corrected chi connectivity index (χ4v) is 5.78. The highest BCUT2D eigenvalue weighted by Gasteiger charge is 2.36. The van der Waals surface area contributed by atoms with Crippen LogP contribution in [0.2, 0.25) is 0 Å². The molecular formula is C22H31N3O5S. The summed E-state index contributed by atoms with van der Waals surface area (Å²) in [6.07, 6.45) is 1.28. The number of aromatic nitrogens is 1. The molecule has 0 unspecified atom stereocenters. The van der Waals surface area contributed by atoms with E-state index in [1.54, 1.807) is 13.8 Å². The Labute approximate surface area is 184 Å². The number of hydrogen-bond acceptors (Lipinski definition) is 6. The molecule has 2 heterocycles. The van der Waals surface area contributed by atoms with Gasteiger partial charge in [-0.25, -0.2) is 8.42 Å². The number of rotatable bonds is 8. The van der Waals surface area contributed by atoms with Crippen molar-refractivity contribution in [3.8, 4) is 5.75 Å². The van der Waals surface area contributed by atoms with Crippen LogP contribution < -0.4 is 10.1 Å². The minimum Gasteiger partial charge on any atom is -0.494 e. The number of benzene rings is 1. The summed E-state index contributed by atoms with van der Waals surface area (Å²) in [4.78, 5) is 12.8. The Hall–Kier alpha value is -2.39. The van der Waals surface area contributed by atoms with Crippen LogP contribution >= 0.6 is 0 Å². The molecule has 3 rings (SSSR count). The molecule has 1 amide bonds. The highest BCUT2D eigenvalue weighted by molar-refractivity contribution is 7.89. The number of piperidine rings is 1. The Kier molecular flexibility index (Phi) is 7.38. The third kappa shape index (κ3) is 5.27. The molecule has 1 aromatic heterocycles. The molecular weight excluding hydrogens is 418 g/mol. The van der Waals surface area contributed by atoms with Gasteiger partial charge in [0.2, 0.25) is 15.9 Å². The van der Waals surface area contributed by atoms with Crippen molar-refractivity contribution >= 4 is 15.9 Å². The van der Waals surface area contributed by atoms with E-state index in [4.69, 9.17) is 9.26 Å². The molecule has 1 atom stereocenters. The van der Waals surface area contributed by atoms with E-state index in [-0.39, 0.29) is 22.6 Å². The van der Waals surface area contributed by atoms with Crippen molar-refractivity contribution in [2.75, 3.05) is 19.7 Å². The van der Waals surface area contributed by atoms with Crippen molar-refractivity contribution in [3.63, 3.8) is 0 Å². The van der Waals surface area contributed by atoms with Gasteiger partial charge in [0.15, 0.2) is 5.76 Å². The summed E-state index contributed by atoms with van der Waals surface area (Å²) in [7, 11) is -3.64. The largest absolute Gasteiger partial charge is 0.494 e. The number of ether oxygens (including phenoxy) is 1. The number of amides is 1. The zero-order valence-electron chi connectivity index (χ0n) is 18.6. The van der Waals surface area contributed by atoms with Gasteiger partial charge in [0, 0.05) is 25.6 Å². The normalized spacial score (nSPS) is 16.8. The van der Waals surface area contributed by atoms with Crippen LogP contribution in [0.1, 0.15) is 43.7 Å². The van der Waals surface area contributed by atoms with Crippen LogP contribution in [0.4, 0.5) is 0 Å². The fraction of sp³-hybridized carbons (Fsp3) is 0.545. The quantitative estimate of drug-likeness (QED) is 0.665. The molecule has 0 saturated carbocycles. The molecule has 1 N–H and O–H groups in total. The van der Waals surface area contributed by atoms with Crippen molar-refractivity contribution in [2.24, 2.45) is 11.8 Å². The maximum absolute atomic E-state index is 13.0. The van der Waals surface area contributed by atoms with Gasteiger partial charge in [-0.1, -0.05) is 24.2 Å². The number of hydrogen-bond donors (Lipinski definition) is 1. The first-order valence-corrected chi connectivity index (χ1v) is 12.1. The van der Waals surface area contributed by atoms with Crippen LogP contribution in [0.3, 0.4) is 0 Å². The topological polar surface area (TPSA) is 102 Å². The molecule has 9 heteroatoms. The van der Waals surface area contributed by atoms with Crippen LogP contribution in [0.25, 0.3) is 0 Å². The molecule has 0 aliphatic carbocycles. The summed E-state index contributed by atoms with van der Waals surface area (Å²) in [5.41, 5.74) is 1.38. The van der Waals surface area contributed by atoms with Crippen LogP contribution in [-0.2, 0) is 21.4 Å². The summed E-state index contributed by atoms with van der Waals surface area (Å²) in [5, 5.41) is 6.76. The molecule has 2 aromatic rings. The molecule has 8 nitrogen and oxygen atoms in total. The van der Waals surface area contributed by atoms with Gasteiger partial charge in [-0.05, 0) is 57.2 Å². The lowest BCUT2D eigenvalue weighted by molar-refractivity contribution is -0.126. The Morgan fingerprint density at radius 2 is 1.90 bits per heavy atom. The van der Waals surface area contributed by atoms with Gasteiger partial charge in [0.1, 0.15) is 16.3 Å². The van der Waals surface area contributed by atoms with E-state index >= 15 is 0 Å². The minimum absolute atomic E-state index is 0.0130. The predicted octanol–water partition coefficient (Wildman–Crippen LogP) is 3.04. The lowest BCUT2D eigenvalue weighted by Gasteiger charge is -2.33. The first-order chi connectivity index (χ1) is 14.7. The van der Waals surface area contributed by atoms with E-state index in [1.807, 2.05) is 38.1 Å². The van der Waals surface area contributed by atoms with Crippen LogP contribution in [0.15, 0.2) is 33.7 Å². The maximum Gasteiger partial charge on any atom is 0.248 e. The monoisotopic (exact) mass is 449 g/mol. The fourth-order valence-electron chi connectivity index (χ4n) is 4.02. The first kappa shape index (κ1) is 23.3. The lowest BCUT2D eigenvalue weighted by atomic mass is 9.85. The van der Waals surface area contributed by atoms with Gasteiger partial charge in [0.25, 0.3) is 0 Å². The highest BCUT2D eigenvalue weighted by Crippen LogP contribution is 2.30. The van der Waals surface area contributed by atoms with Crippen molar-refractivity contribution in [1.82, 2.24) is 14.8 Å². The van der Waals surface area contributed by atoms with E-state index < -0.39 is 10.0 Å². The predicted molar refractivity (Wildman–Crippen MR) is 116 cm³/mol. The number of carbonyl (C=O) groups excluding carboxylic acids is 1. The molecule has 1 fully saturated rings. The summed E-state index contributed by atoms with van der Waals surface area (Å²) < 4.78 is 37.9. The third-order valence-electron chi connectivity index (χ3n) is 5.89. The number of sulfonamides is 1. The van der Waals surface area contributed by atoms with Crippen LogP contribution in [-0.4, -0.2) is 43.5 Å².